The fraction of sp³-hybridized carbons (Fsp3) is 0.278. The molecule has 0 bridgehead atoms. The van der Waals surface area contributed by atoms with Crippen molar-refractivity contribution >= 4 is 43.5 Å². The summed E-state index contributed by atoms with van der Waals surface area (Å²) in [4.78, 5) is 11.4. The molecule has 0 saturated heterocycles. The molecule has 0 heterocycles. The minimum atomic E-state index is -0.465. The normalized spacial score (nSPS) is 10.3. The second-order valence-electron chi connectivity index (χ2n) is 5.13. The molecule has 0 amide bonds. The van der Waals surface area contributed by atoms with Crippen LogP contribution in [0.5, 0.6) is 11.5 Å². The Morgan fingerprint density at radius 2 is 1.85 bits per heavy atom. The van der Waals surface area contributed by atoms with Crippen LogP contribution >= 0.6 is 31.9 Å². The molecule has 0 spiro atoms. The lowest BCUT2D eigenvalue weighted by Crippen LogP contribution is -2.21. The van der Waals surface area contributed by atoms with Gasteiger partial charge in [-0.05, 0) is 62.5 Å². The van der Waals surface area contributed by atoms with Crippen molar-refractivity contribution in [1.82, 2.24) is 5.43 Å². The zero-order valence-corrected chi connectivity index (χ0v) is 17.6. The zero-order valence-electron chi connectivity index (χ0n) is 14.5. The Hall–Kier alpha value is -1.77. The Morgan fingerprint density at radius 3 is 2.50 bits per heavy atom. The molecule has 2 aromatic carbocycles. The summed E-state index contributed by atoms with van der Waals surface area (Å²) in [6, 6.07) is 11.7. The topological polar surface area (TPSA) is 68.8 Å². The molecule has 6 nitrogen and oxygen atoms in total. The fourth-order valence-electron chi connectivity index (χ4n) is 2.11. The van der Waals surface area contributed by atoms with Crippen LogP contribution in [0.4, 0.5) is 5.69 Å². The summed E-state index contributed by atoms with van der Waals surface area (Å²) in [5.74, 6) is 0.528. The van der Waals surface area contributed by atoms with E-state index in [0.717, 1.165) is 15.7 Å². The number of carbonyl (C=O) groups excluding carboxylic acids is 1. The molecule has 140 valence electrons. The summed E-state index contributed by atoms with van der Waals surface area (Å²) in [5.41, 5.74) is 8.21. The minimum absolute atomic E-state index is 0.200. The Bertz CT molecular complexity index is 742. The first-order valence-corrected chi connectivity index (χ1v) is 9.52. The Labute approximate surface area is 169 Å². The number of rotatable bonds is 9. The number of hydrogen-bond acceptors (Lipinski definition) is 6. The monoisotopic (exact) mass is 486 g/mol. The number of hydrazine groups is 1. The lowest BCUT2D eigenvalue weighted by molar-refractivity contribution is -0.142. The summed E-state index contributed by atoms with van der Waals surface area (Å²) < 4.78 is 17.3. The summed E-state index contributed by atoms with van der Waals surface area (Å²) in [5, 5.41) is 0. The van der Waals surface area contributed by atoms with Crippen LogP contribution in [-0.2, 0) is 16.1 Å². The van der Waals surface area contributed by atoms with Crippen molar-refractivity contribution in [2.24, 2.45) is 0 Å². The molecular weight excluding hydrogens is 468 g/mol. The number of hydrogen-bond donors (Lipinski definition) is 2. The second kappa shape index (κ2) is 10.4. The van der Waals surface area contributed by atoms with Gasteiger partial charge >= 0.3 is 5.97 Å². The lowest BCUT2D eigenvalue weighted by atomic mass is 10.2. The number of nitrogens with one attached hydrogen (secondary N) is 2. The Morgan fingerprint density at radius 1 is 1.12 bits per heavy atom. The van der Waals surface area contributed by atoms with E-state index in [0.29, 0.717) is 29.1 Å². The second-order valence-corrected chi connectivity index (χ2v) is 6.72. The van der Waals surface area contributed by atoms with Gasteiger partial charge in [-0.1, -0.05) is 18.2 Å². The molecule has 2 N–H and O–H groups in total. The van der Waals surface area contributed by atoms with Crippen molar-refractivity contribution in [3.8, 4) is 11.5 Å². The highest BCUT2D eigenvalue weighted by Gasteiger charge is 2.18. The van der Waals surface area contributed by atoms with Crippen LogP contribution in [0.2, 0.25) is 0 Å². The SMILES string of the molecule is CCOc1cc(CNNc2ccccc2)c(Br)c(Br)c1OCC(=O)OC. The van der Waals surface area contributed by atoms with Gasteiger partial charge < -0.3 is 19.6 Å². The molecule has 0 unspecified atom stereocenters. The number of halogens is 2. The van der Waals surface area contributed by atoms with Gasteiger partial charge in [0.2, 0.25) is 0 Å². The van der Waals surface area contributed by atoms with Crippen LogP contribution in [0.3, 0.4) is 0 Å². The average Bonchev–Trinajstić information content (AvgIpc) is 2.66. The third kappa shape index (κ3) is 5.62. The van der Waals surface area contributed by atoms with Gasteiger partial charge in [0.15, 0.2) is 18.1 Å². The standard InChI is InChI=1S/C18H20Br2N2O4/c1-3-25-14-9-12(10-21-22-13-7-5-4-6-8-13)16(19)17(20)18(14)26-11-15(23)24-2/h4-9,21-22H,3,10-11H2,1-2H3. The molecule has 0 aromatic heterocycles. The third-order valence-corrected chi connectivity index (χ3v) is 5.54. The van der Waals surface area contributed by atoms with Crippen LogP contribution in [0.1, 0.15) is 12.5 Å². The first-order chi connectivity index (χ1) is 12.6. The number of methoxy groups -OCH3 is 1. The van der Waals surface area contributed by atoms with Gasteiger partial charge in [0.05, 0.1) is 18.2 Å². The number of carbonyl (C=O) groups is 1. The smallest absolute Gasteiger partial charge is 0.343 e. The molecule has 0 aliphatic carbocycles. The first-order valence-electron chi connectivity index (χ1n) is 7.94. The van der Waals surface area contributed by atoms with E-state index in [2.05, 4.69) is 47.4 Å². The fourth-order valence-corrected chi connectivity index (χ4v) is 3.11. The molecule has 0 saturated carbocycles. The van der Waals surface area contributed by atoms with Crippen LogP contribution in [0, 0.1) is 0 Å². The van der Waals surface area contributed by atoms with E-state index in [9.17, 15) is 4.79 Å². The predicted molar refractivity (Wildman–Crippen MR) is 107 cm³/mol. The molecule has 0 radical (unpaired) electrons. The van der Waals surface area contributed by atoms with Crippen LogP contribution in [-0.4, -0.2) is 26.3 Å². The highest BCUT2D eigenvalue weighted by Crippen LogP contribution is 2.43. The molecule has 0 atom stereocenters. The van der Waals surface area contributed by atoms with Gasteiger partial charge in [-0.15, -0.1) is 0 Å². The van der Waals surface area contributed by atoms with Gasteiger partial charge in [0.25, 0.3) is 0 Å². The third-order valence-electron chi connectivity index (χ3n) is 3.35. The van der Waals surface area contributed by atoms with Gasteiger partial charge in [0.1, 0.15) is 0 Å². The number of benzene rings is 2. The predicted octanol–water partition coefficient (Wildman–Crippen LogP) is 4.28. The number of ether oxygens (including phenoxy) is 3. The van der Waals surface area contributed by atoms with Crippen molar-refractivity contribution in [2.75, 3.05) is 25.7 Å². The first kappa shape index (κ1) is 20.5. The van der Waals surface area contributed by atoms with E-state index < -0.39 is 5.97 Å². The average molecular weight is 488 g/mol. The maximum atomic E-state index is 11.4. The van der Waals surface area contributed by atoms with Gasteiger partial charge in [-0.3, -0.25) is 0 Å². The van der Waals surface area contributed by atoms with E-state index in [1.807, 2.05) is 43.3 Å². The van der Waals surface area contributed by atoms with Crippen molar-refractivity contribution < 1.29 is 19.0 Å². The molecule has 2 rings (SSSR count). The minimum Gasteiger partial charge on any atom is -0.490 e. The molecule has 0 fully saturated rings. The highest BCUT2D eigenvalue weighted by molar-refractivity contribution is 9.13. The van der Waals surface area contributed by atoms with Gasteiger partial charge in [-0.25, -0.2) is 10.2 Å². The molecule has 2 aromatic rings. The van der Waals surface area contributed by atoms with E-state index in [4.69, 9.17) is 9.47 Å². The molecular formula is C18H20Br2N2O4. The Balaban J connectivity index is 2.14. The van der Waals surface area contributed by atoms with Crippen LogP contribution in [0.15, 0.2) is 45.3 Å². The van der Waals surface area contributed by atoms with Crippen molar-refractivity contribution in [2.45, 2.75) is 13.5 Å². The van der Waals surface area contributed by atoms with E-state index in [1.165, 1.54) is 7.11 Å². The van der Waals surface area contributed by atoms with Crippen LogP contribution in [0.25, 0.3) is 0 Å². The van der Waals surface area contributed by atoms with Crippen molar-refractivity contribution in [3.63, 3.8) is 0 Å². The van der Waals surface area contributed by atoms with Crippen molar-refractivity contribution in [3.05, 3.63) is 50.9 Å². The number of para-hydroxylation sites is 1. The number of esters is 1. The van der Waals surface area contributed by atoms with E-state index in [1.54, 1.807) is 0 Å². The summed E-state index contributed by atoms with van der Waals surface area (Å²) in [6.45, 7) is 2.69. The molecule has 26 heavy (non-hydrogen) atoms. The quantitative estimate of drug-likeness (QED) is 0.406. The lowest BCUT2D eigenvalue weighted by Gasteiger charge is -2.17. The maximum absolute atomic E-state index is 11.4. The van der Waals surface area contributed by atoms with Crippen LogP contribution < -0.4 is 20.3 Å². The molecule has 0 aliphatic rings. The van der Waals surface area contributed by atoms with Crippen molar-refractivity contribution in [1.29, 1.82) is 0 Å². The van der Waals surface area contributed by atoms with E-state index in [-0.39, 0.29) is 6.61 Å². The zero-order chi connectivity index (χ0) is 18.9. The largest absolute Gasteiger partial charge is 0.490 e. The van der Waals surface area contributed by atoms with Gasteiger partial charge in [-0.2, -0.15) is 0 Å². The summed E-state index contributed by atoms with van der Waals surface area (Å²) in [7, 11) is 1.31. The summed E-state index contributed by atoms with van der Waals surface area (Å²) in [6.07, 6.45) is 0. The highest BCUT2D eigenvalue weighted by atomic mass is 79.9. The molecule has 8 heteroatoms. The maximum Gasteiger partial charge on any atom is 0.343 e. The van der Waals surface area contributed by atoms with Gasteiger partial charge in [0, 0.05) is 16.7 Å². The summed E-state index contributed by atoms with van der Waals surface area (Å²) >= 11 is 7.07. The van der Waals surface area contributed by atoms with E-state index >= 15 is 0 Å². The number of anilines is 1. The molecule has 0 aliphatic heterocycles. The Kier molecular flexibility index (Phi) is 8.21.